The number of rotatable bonds is 11. The number of alkyl halides is 1. The summed E-state index contributed by atoms with van der Waals surface area (Å²) in [5.74, 6) is 1.80. The molecule has 2 unspecified atom stereocenters. The molecule has 36 heavy (non-hydrogen) atoms. The van der Waals surface area contributed by atoms with Crippen molar-refractivity contribution in [1.82, 2.24) is 19.5 Å². The van der Waals surface area contributed by atoms with E-state index in [1.807, 2.05) is 0 Å². The maximum absolute atomic E-state index is 15.0. The fourth-order valence-corrected chi connectivity index (χ4v) is 6.47. The fourth-order valence-electron chi connectivity index (χ4n) is 4.24. The van der Waals surface area contributed by atoms with Crippen molar-refractivity contribution in [1.29, 1.82) is 0 Å². The highest BCUT2D eigenvalue weighted by molar-refractivity contribution is 7.56. The average molecular weight is 570 g/mol. The maximum Gasteiger partial charge on any atom is 0.335 e. The van der Waals surface area contributed by atoms with E-state index in [0.29, 0.717) is 23.8 Å². The third kappa shape index (κ3) is 6.57. The SMILES string of the molecule is O=P(O)(C/C=[P+](\[O-])OCO)OC[C@H]1O[C@@H](n2cnc3c(NCC4CCCC4)nc(Cl)nc32)[C@@H](F)[C@@H]1O. The molecular formula is C19H27ClFN5O8P2. The van der Waals surface area contributed by atoms with Crippen LogP contribution < -0.4 is 10.2 Å². The Morgan fingerprint density at radius 2 is 2.17 bits per heavy atom. The highest BCUT2D eigenvalue weighted by Gasteiger charge is 2.46. The molecule has 13 nitrogen and oxygen atoms in total. The van der Waals surface area contributed by atoms with Gasteiger partial charge in [0, 0.05) is 6.54 Å². The molecule has 0 bridgehead atoms. The molecule has 2 fully saturated rings. The highest BCUT2D eigenvalue weighted by Crippen LogP contribution is 2.43. The van der Waals surface area contributed by atoms with E-state index in [9.17, 15) is 19.5 Å². The summed E-state index contributed by atoms with van der Waals surface area (Å²) in [6, 6.07) is 0. The van der Waals surface area contributed by atoms with Gasteiger partial charge in [0.2, 0.25) is 13.3 Å². The number of aliphatic hydroxyl groups is 2. The standard InChI is InChI=1S/C19H27ClFN5O8P2/c20-19-24-16(22-7-11-3-1-2-4-11)14-17(25-19)26(9-23-14)18-13(21)15(28)12(34-18)8-33-36(30,31)6-5-35(29)32-10-27/h5,9,11-13,15,18,27-28H,1-4,6-8,10H2,(H,30,31)(H,22,24,25)/t12-,13+,15-,18-/m1/s1. The normalized spacial score (nSPS) is 27.1. The van der Waals surface area contributed by atoms with E-state index in [1.165, 1.54) is 23.7 Å². The second-order valence-corrected chi connectivity index (χ2v) is 12.0. The Balaban J connectivity index is 1.45. The summed E-state index contributed by atoms with van der Waals surface area (Å²) in [7, 11) is -6.76. The van der Waals surface area contributed by atoms with Crippen LogP contribution >= 0.6 is 27.2 Å². The van der Waals surface area contributed by atoms with Crippen LogP contribution in [0, 0.1) is 5.92 Å². The summed E-state index contributed by atoms with van der Waals surface area (Å²) in [5.41, 5.74) is 0.553. The van der Waals surface area contributed by atoms with Crippen molar-refractivity contribution in [3.8, 4) is 0 Å². The van der Waals surface area contributed by atoms with E-state index in [4.69, 9.17) is 26.0 Å². The molecule has 17 heteroatoms. The van der Waals surface area contributed by atoms with Gasteiger partial charge in [-0.3, -0.25) is 9.13 Å². The Kier molecular flexibility index (Phi) is 9.27. The minimum absolute atomic E-state index is 0.0759. The molecule has 1 saturated carbocycles. The summed E-state index contributed by atoms with van der Waals surface area (Å²) < 4.78 is 43.4. The Hall–Kier alpha value is -1.31. The van der Waals surface area contributed by atoms with Crippen LogP contribution in [0.5, 0.6) is 0 Å². The lowest BCUT2D eigenvalue weighted by Crippen LogP contribution is -2.31. The van der Waals surface area contributed by atoms with E-state index >= 15 is 4.39 Å². The number of aromatic nitrogens is 4. The largest absolute Gasteiger partial charge is 0.603 e. The van der Waals surface area contributed by atoms with Gasteiger partial charge in [0.15, 0.2) is 36.2 Å². The Morgan fingerprint density at radius 1 is 1.42 bits per heavy atom. The Morgan fingerprint density at radius 3 is 2.89 bits per heavy atom. The summed E-state index contributed by atoms with van der Waals surface area (Å²) in [4.78, 5) is 33.9. The van der Waals surface area contributed by atoms with Gasteiger partial charge in [-0.15, -0.1) is 0 Å². The lowest BCUT2D eigenvalue weighted by atomic mass is 10.1. The molecule has 2 aromatic rings. The lowest BCUT2D eigenvalue weighted by Gasteiger charge is -2.17. The second-order valence-electron chi connectivity index (χ2n) is 8.54. The molecule has 2 aliphatic rings. The molecule has 0 amide bonds. The highest BCUT2D eigenvalue weighted by atomic mass is 35.5. The number of halogens is 2. The molecule has 200 valence electrons. The molecule has 1 aliphatic carbocycles. The van der Waals surface area contributed by atoms with Gasteiger partial charge in [0.1, 0.15) is 24.2 Å². The van der Waals surface area contributed by atoms with E-state index in [0.717, 1.165) is 18.6 Å². The number of imidazole rings is 1. The summed E-state index contributed by atoms with van der Waals surface area (Å²) >= 11 is 6.11. The van der Waals surface area contributed by atoms with Crippen LogP contribution in [0.3, 0.4) is 0 Å². The van der Waals surface area contributed by atoms with Gasteiger partial charge >= 0.3 is 7.60 Å². The number of fused-ring (bicyclic) bond motifs is 1. The molecule has 3 heterocycles. The average Bonchev–Trinajstić information content (AvgIpc) is 3.56. The lowest BCUT2D eigenvalue weighted by molar-refractivity contribution is -0.177. The van der Waals surface area contributed by atoms with Gasteiger partial charge in [-0.05, 0) is 30.4 Å². The van der Waals surface area contributed by atoms with Crippen molar-refractivity contribution in [2.45, 2.75) is 50.3 Å². The van der Waals surface area contributed by atoms with Gasteiger partial charge in [-0.25, -0.2) is 9.37 Å². The van der Waals surface area contributed by atoms with Gasteiger partial charge < -0.3 is 34.6 Å². The summed E-state index contributed by atoms with van der Waals surface area (Å²) in [5, 5.41) is 22.1. The van der Waals surface area contributed by atoms with Crippen molar-refractivity contribution >= 4 is 50.0 Å². The maximum atomic E-state index is 15.0. The second kappa shape index (κ2) is 12.0. The van der Waals surface area contributed by atoms with Crippen molar-refractivity contribution in [2.75, 3.05) is 31.4 Å². The molecule has 1 saturated heterocycles. The quantitative estimate of drug-likeness (QED) is 0.173. The third-order valence-electron chi connectivity index (χ3n) is 6.08. The zero-order valence-corrected chi connectivity index (χ0v) is 21.6. The zero-order chi connectivity index (χ0) is 25.9. The van der Waals surface area contributed by atoms with Crippen LogP contribution in [-0.2, 0) is 18.3 Å². The predicted octanol–water partition coefficient (Wildman–Crippen LogP) is 1.32. The number of nitrogens with zero attached hydrogens (tertiary/aromatic N) is 4. The smallest absolute Gasteiger partial charge is 0.335 e. The first-order chi connectivity index (χ1) is 17.2. The third-order valence-corrected chi connectivity index (χ3v) is 8.59. The molecule has 6 atom stereocenters. The first-order valence-corrected chi connectivity index (χ1v) is 14.7. The minimum atomic E-state index is -4.30. The molecule has 0 aromatic carbocycles. The number of ether oxygens (including phenoxy) is 1. The summed E-state index contributed by atoms with van der Waals surface area (Å²) in [6.07, 6.45) is -0.985. The zero-order valence-electron chi connectivity index (χ0n) is 19.0. The molecular weight excluding hydrogens is 543 g/mol. The molecule has 0 radical (unpaired) electrons. The number of aliphatic hydroxyl groups excluding tert-OH is 2. The topological polar surface area (TPSA) is 184 Å². The number of hydrogen-bond acceptors (Lipinski definition) is 11. The molecule has 4 N–H and O–H groups in total. The minimum Gasteiger partial charge on any atom is -0.603 e. The summed E-state index contributed by atoms with van der Waals surface area (Å²) in [6.45, 7) is -0.743. The molecule has 4 rings (SSSR count). The number of nitrogens with one attached hydrogen (secondary N) is 1. The van der Waals surface area contributed by atoms with Crippen LogP contribution in [0.1, 0.15) is 31.9 Å². The number of hydrogen-bond donors (Lipinski definition) is 4. The fraction of sp³-hybridized carbons (Fsp3) is 0.684. The van der Waals surface area contributed by atoms with Gasteiger partial charge in [0.25, 0.3) is 0 Å². The Bertz CT molecular complexity index is 1140. The molecule has 2 aromatic heterocycles. The molecule has 1 aliphatic heterocycles. The van der Waals surface area contributed by atoms with Crippen LogP contribution in [-0.4, -0.2) is 84.9 Å². The van der Waals surface area contributed by atoms with Gasteiger partial charge in [0.05, 0.1) is 12.9 Å². The van der Waals surface area contributed by atoms with Crippen molar-refractivity contribution in [3.63, 3.8) is 0 Å². The monoisotopic (exact) mass is 569 g/mol. The first-order valence-electron chi connectivity index (χ1n) is 11.3. The van der Waals surface area contributed by atoms with E-state index < -0.39 is 59.8 Å². The van der Waals surface area contributed by atoms with Crippen LogP contribution in [0.15, 0.2) is 6.33 Å². The number of anilines is 1. The molecule has 0 spiro atoms. The van der Waals surface area contributed by atoms with Gasteiger partial charge in [-0.1, -0.05) is 12.8 Å². The van der Waals surface area contributed by atoms with E-state index in [2.05, 4.69) is 24.8 Å². The Labute approximate surface area is 211 Å². The van der Waals surface area contributed by atoms with Gasteiger partial charge in [-0.2, -0.15) is 14.5 Å². The van der Waals surface area contributed by atoms with Crippen LogP contribution in [0.4, 0.5) is 10.2 Å². The van der Waals surface area contributed by atoms with Crippen LogP contribution in [0.2, 0.25) is 5.28 Å². The van der Waals surface area contributed by atoms with Crippen molar-refractivity contribution in [2.24, 2.45) is 5.92 Å². The van der Waals surface area contributed by atoms with Crippen molar-refractivity contribution in [3.05, 3.63) is 11.6 Å². The van der Waals surface area contributed by atoms with E-state index in [-0.39, 0.29) is 10.9 Å². The van der Waals surface area contributed by atoms with E-state index in [1.54, 1.807) is 0 Å². The van der Waals surface area contributed by atoms with Crippen molar-refractivity contribution < 1.29 is 42.7 Å². The van der Waals surface area contributed by atoms with Crippen LogP contribution in [0.25, 0.3) is 11.2 Å². The predicted molar refractivity (Wildman–Crippen MR) is 127 cm³/mol. The first kappa shape index (κ1) is 27.7.